The van der Waals surface area contributed by atoms with Crippen molar-refractivity contribution in [2.45, 2.75) is 48.5 Å². The van der Waals surface area contributed by atoms with Crippen LogP contribution in [0.4, 0.5) is 0 Å². The Morgan fingerprint density at radius 1 is 0.556 bits per heavy atom. The number of epoxide rings is 4. The van der Waals surface area contributed by atoms with Crippen LogP contribution in [0.1, 0.15) is 19.3 Å². The van der Waals surface area contributed by atoms with Gasteiger partial charge in [0, 0.05) is 44.1 Å². The van der Waals surface area contributed by atoms with E-state index in [1.165, 1.54) is 32.4 Å². The monoisotopic (exact) mass is 444 g/mol. The predicted molar refractivity (Wildman–Crippen MR) is 105 cm³/mol. The summed E-state index contributed by atoms with van der Waals surface area (Å²) < 4.78 is 22.0. The van der Waals surface area contributed by atoms with Crippen molar-refractivity contribution in [1.29, 1.82) is 0 Å². The predicted octanol–water partition coefficient (Wildman–Crippen LogP) is 1.37. The Morgan fingerprint density at radius 2 is 0.889 bits per heavy atom. The first-order chi connectivity index (χ1) is 13.2. The Hall–Kier alpha value is 0.240. The van der Waals surface area contributed by atoms with Gasteiger partial charge in [-0.1, -0.05) is 15.9 Å². The zero-order valence-electron chi connectivity index (χ0n) is 16.1. The lowest BCUT2D eigenvalue weighted by Gasteiger charge is -2.37. The molecule has 5 aliphatic rings. The van der Waals surface area contributed by atoms with E-state index in [2.05, 4.69) is 25.7 Å². The summed E-state index contributed by atoms with van der Waals surface area (Å²) in [6.07, 6.45) is 5.79. The number of halogens is 1. The Morgan fingerprint density at radius 3 is 1.19 bits per heavy atom. The van der Waals surface area contributed by atoms with Gasteiger partial charge in [-0.15, -0.1) is 0 Å². The average molecular weight is 445 g/mol. The number of alkyl halides is 1. The van der Waals surface area contributed by atoms with Crippen LogP contribution in [-0.2, 0) is 18.9 Å². The van der Waals surface area contributed by atoms with E-state index in [9.17, 15) is 0 Å². The maximum atomic E-state index is 5.49. The first kappa shape index (κ1) is 19.2. The van der Waals surface area contributed by atoms with E-state index in [-0.39, 0.29) is 0 Å². The van der Waals surface area contributed by atoms with E-state index in [4.69, 9.17) is 18.9 Å². The van der Waals surface area contributed by atoms with Crippen LogP contribution in [0.3, 0.4) is 0 Å². The van der Waals surface area contributed by atoms with E-state index in [1.807, 2.05) is 0 Å². The Kier molecular flexibility index (Phi) is 6.08. The molecule has 1 saturated carbocycles. The molecule has 0 bridgehead atoms. The van der Waals surface area contributed by atoms with Crippen LogP contribution in [0.15, 0.2) is 0 Å². The summed E-state index contributed by atoms with van der Waals surface area (Å²) in [5.74, 6) is 1.53. The van der Waals surface area contributed by atoms with Crippen LogP contribution in [0, 0.1) is 11.8 Å². The highest BCUT2D eigenvalue weighted by Gasteiger charge is 2.36. The van der Waals surface area contributed by atoms with Crippen molar-refractivity contribution in [3.63, 3.8) is 0 Å². The number of nitrogens with zero attached hydrogens (tertiary/aromatic N) is 2. The maximum Gasteiger partial charge on any atom is 0.0936 e. The van der Waals surface area contributed by atoms with Gasteiger partial charge in [0.15, 0.2) is 0 Å². The summed E-state index contributed by atoms with van der Waals surface area (Å²) in [6.45, 7) is 10.5. The summed E-state index contributed by atoms with van der Waals surface area (Å²) in [4.78, 5) is 5.86. The van der Waals surface area contributed by atoms with Crippen LogP contribution in [0.5, 0.6) is 0 Å². The highest BCUT2D eigenvalue weighted by molar-refractivity contribution is 9.09. The minimum Gasteiger partial charge on any atom is -0.372 e. The Balaban J connectivity index is 1.13. The lowest BCUT2D eigenvalue weighted by atomic mass is 9.80. The molecule has 4 heterocycles. The van der Waals surface area contributed by atoms with E-state index < -0.39 is 0 Å². The molecule has 4 saturated heterocycles. The lowest BCUT2D eigenvalue weighted by molar-refractivity contribution is 0.128. The third-order valence-electron chi connectivity index (χ3n) is 6.33. The van der Waals surface area contributed by atoms with Gasteiger partial charge in [0.1, 0.15) is 0 Å². The number of ether oxygens (including phenoxy) is 4. The molecule has 0 aromatic heterocycles. The van der Waals surface area contributed by atoms with Gasteiger partial charge in [-0.2, -0.15) is 0 Å². The molecule has 6 nitrogen and oxygen atoms in total. The van der Waals surface area contributed by atoms with Gasteiger partial charge in [-0.3, -0.25) is 9.80 Å². The highest BCUT2D eigenvalue weighted by Crippen LogP contribution is 2.35. The second-order valence-electron chi connectivity index (χ2n) is 9.29. The molecule has 1 aliphatic carbocycles. The summed E-state index contributed by atoms with van der Waals surface area (Å²) in [6, 6.07) is 0. The normalized spacial score (nSPS) is 42.6. The molecule has 6 unspecified atom stereocenters. The summed E-state index contributed by atoms with van der Waals surface area (Å²) in [5.41, 5.74) is 0. The zero-order valence-corrected chi connectivity index (χ0v) is 17.7. The SMILES string of the molecule is BrC1CC(CN(CC2CO2)CC2CO2)CC(CN(CC2CO2)CC2CO2)C1. The molecule has 0 N–H and O–H groups in total. The summed E-state index contributed by atoms with van der Waals surface area (Å²) in [5, 5.41) is 0. The van der Waals surface area contributed by atoms with Crippen molar-refractivity contribution < 1.29 is 18.9 Å². The standard InChI is InChI=1S/C20H33BrN2O4/c21-16-2-14(4-22(6-17-10-24-17)7-18-11-25-18)1-15(3-16)5-23(8-19-12-26-19)9-20-13-27-20/h14-20H,1-13H2. The number of rotatable bonds is 12. The van der Waals surface area contributed by atoms with E-state index in [1.54, 1.807) is 0 Å². The first-order valence-corrected chi connectivity index (χ1v) is 11.7. The van der Waals surface area contributed by atoms with Gasteiger partial charge in [0.2, 0.25) is 0 Å². The molecule has 0 aromatic rings. The summed E-state index contributed by atoms with van der Waals surface area (Å²) in [7, 11) is 0. The van der Waals surface area contributed by atoms with Gasteiger partial charge < -0.3 is 18.9 Å². The third kappa shape index (κ3) is 6.63. The molecule has 154 valence electrons. The second kappa shape index (κ2) is 8.54. The highest BCUT2D eigenvalue weighted by atomic mass is 79.9. The van der Waals surface area contributed by atoms with E-state index in [0.717, 1.165) is 64.4 Å². The molecular weight excluding hydrogens is 412 g/mol. The van der Waals surface area contributed by atoms with Crippen LogP contribution in [-0.4, -0.2) is 105 Å². The maximum absolute atomic E-state index is 5.49. The molecule has 0 amide bonds. The summed E-state index contributed by atoms with van der Waals surface area (Å²) >= 11 is 3.97. The van der Waals surface area contributed by atoms with Gasteiger partial charge in [-0.05, 0) is 31.1 Å². The van der Waals surface area contributed by atoms with Gasteiger partial charge in [0.25, 0.3) is 0 Å². The first-order valence-electron chi connectivity index (χ1n) is 10.7. The molecular formula is C20H33BrN2O4. The third-order valence-corrected chi connectivity index (χ3v) is 7.08. The van der Waals surface area contributed by atoms with Crippen LogP contribution >= 0.6 is 15.9 Å². The number of hydrogen-bond donors (Lipinski definition) is 0. The van der Waals surface area contributed by atoms with Crippen molar-refractivity contribution >= 4 is 15.9 Å². The molecule has 0 spiro atoms. The van der Waals surface area contributed by atoms with Gasteiger partial charge >= 0.3 is 0 Å². The van der Waals surface area contributed by atoms with Crippen molar-refractivity contribution in [2.24, 2.45) is 11.8 Å². The van der Waals surface area contributed by atoms with Crippen LogP contribution < -0.4 is 0 Å². The quantitative estimate of drug-likeness (QED) is 0.334. The minimum absolute atomic E-state index is 0.468. The van der Waals surface area contributed by atoms with Crippen molar-refractivity contribution in [3.05, 3.63) is 0 Å². The molecule has 27 heavy (non-hydrogen) atoms. The zero-order chi connectivity index (χ0) is 18.2. The average Bonchev–Trinajstić information content (AvgIpc) is 3.41. The molecule has 0 radical (unpaired) electrons. The van der Waals surface area contributed by atoms with Crippen molar-refractivity contribution in [2.75, 3.05) is 65.7 Å². The molecule has 5 fully saturated rings. The van der Waals surface area contributed by atoms with E-state index >= 15 is 0 Å². The Labute approximate surface area is 170 Å². The molecule has 5 rings (SSSR count). The molecule has 4 aliphatic heterocycles. The molecule has 6 atom stereocenters. The fourth-order valence-electron chi connectivity index (χ4n) is 4.80. The largest absolute Gasteiger partial charge is 0.372 e. The van der Waals surface area contributed by atoms with Gasteiger partial charge in [-0.25, -0.2) is 0 Å². The molecule has 7 heteroatoms. The minimum atomic E-state index is 0.468. The fourth-order valence-corrected chi connectivity index (χ4v) is 5.86. The Bertz CT molecular complexity index is 426. The van der Waals surface area contributed by atoms with Crippen molar-refractivity contribution in [3.8, 4) is 0 Å². The second-order valence-corrected chi connectivity index (χ2v) is 10.6. The van der Waals surface area contributed by atoms with Crippen LogP contribution in [0.2, 0.25) is 0 Å². The van der Waals surface area contributed by atoms with Crippen molar-refractivity contribution in [1.82, 2.24) is 9.80 Å². The lowest BCUT2D eigenvalue weighted by Crippen LogP contribution is -2.42. The van der Waals surface area contributed by atoms with Crippen LogP contribution in [0.25, 0.3) is 0 Å². The topological polar surface area (TPSA) is 56.6 Å². The fraction of sp³-hybridized carbons (Fsp3) is 1.00. The molecule has 0 aromatic carbocycles. The van der Waals surface area contributed by atoms with Gasteiger partial charge in [0.05, 0.1) is 50.8 Å². The smallest absolute Gasteiger partial charge is 0.0936 e. The van der Waals surface area contributed by atoms with E-state index in [0.29, 0.717) is 29.2 Å². The number of hydrogen-bond acceptors (Lipinski definition) is 6.